The summed E-state index contributed by atoms with van der Waals surface area (Å²) in [4.78, 5) is 37.6. The summed E-state index contributed by atoms with van der Waals surface area (Å²) in [5.74, 6) is -0.921. The third-order valence-electron chi connectivity index (χ3n) is 4.19. The molecule has 2 heterocycles. The number of aromatic nitrogens is 3. The number of rotatable bonds is 5. The Balaban J connectivity index is 1.57. The standard InChI is InChI=1S/C17H18N6O4/c1-10-17(23(26)27)11(2)22(21-10)9-16(25)20-19-15(24)7-12-8-18-14-6-4-3-5-13(12)14/h3-6,8,18H,7,9H2,1-2H3,(H,19,24)(H,20,25). The molecule has 0 saturated carbocycles. The Kier molecular flexibility index (Phi) is 4.88. The van der Waals surface area contributed by atoms with E-state index in [-0.39, 0.29) is 35.9 Å². The number of aryl methyl sites for hydroxylation is 1. The van der Waals surface area contributed by atoms with Crippen molar-refractivity contribution in [1.82, 2.24) is 25.6 Å². The van der Waals surface area contributed by atoms with E-state index in [1.807, 2.05) is 24.3 Å². The normalized spacial score (nSPS) is 10.7. The van der Waals surface area contributed by atoms with Crippen LogP contribution >= 0.6 is 0 Å². The van der Waals surface area contributed by atoms with Gasteiger partial charge in [0.15, 0.2) is 0 Å². The monoisotopic (exact) mass is 370 g/mol. The molecule has 3 aromatic rings. The molecule has 0 aliphatic rings. The summed E-state index contributed by atoms with van der Waals surface area (Å²) >= 11 is 0. The smallest absolute Gasteiger partial charge is 0.312 e. The first-order valence-corrected chi connectivity index (χ1v) is 8.18. The van der Waals surface area contributed by atoms with Gasteiger partial charge in [-0.25, -0.2) is 0 Å². The Morgan fingerprint density at radius 3 is 2.63 bits per heavy atom. The van der Waals surface area contributed by atoms with Gasteiger partial charge in [-0.2, -0.15) is 5.10 Å². The van der Waals surface area contributed by atoms with Crippen molar-refractivity contribution in [3.8, 4) is 0 Å². The highest BCUT2D eigenvalue weighted by Crippen LogP contribution is 2.21. The van der Waals surface area contributed by atoms with E-state index in [0.29, 0.717) is 0 Å². The van der Waals surface area contributed by atoms with Gasteiger partial charge in [0.25, 0.3) is 5.91 Å². The number of carbonyl (C=O) groups excluding carboxylic acids is 2. The second-order valence-electron chi connectivity index (χ2n) is 6.07. The van der Waals surface area contributed by atoms with Crippen LogP contribution in [0.3, 0.4) is 0 Å². The van der Waals surface area contributed by atoms with Crippen molar-refractivity contribution in [3.05, 3.63) is 57.5 Å². The zero-order valence-corrected chi connectivity index (χ0v) is 14.8. The molecule has 0 bridgehead atoms. The Labute approximate surface area is 153 Å². The highest BCUT2D eigenvalue weighted by atomic mass is 16.6. The van der Waals surface area contributed by atoms with Crippen molar-refractivity contribution in [2.45, 2.75) is 26.8 Å². The minimum atomic E-state index is -0.539. The van der Waals surface area contributed by atoms with Gasteiger partial charge >= 0.3 is 5.69 Å². The molecule has 3 rings (SSSR count). The van der Waals surface area contributed by atoms with Crippen molar-refractivity contribution in [2.24, 2.45) is 0 Å². The molecule has 0 radical (unpaired) electrons. The van der Waals surface area contributed by atoms with Gasteiger partial charge in [0, 0.05) is 17.1 Å². The number of H-pyrrole nitrogens is 1. The van der Waals surface area contributed by atoms with Gasteiger partial charge in [-0.3, -0.25) is 35.2 Å². The summed E-state index contributed by atoms with van der Waals surface area (Å²) < 4.78 is 1.23. The van der Waals surface area contributed by atoms with Crippen LogP contribution in [0.5, 0.6) is 0 Å². The van der Waals surface area contributed by atoms with Crippen LogP contribution < -0.4 is 10.9 Å². The predicted octanol–water partition coefficient (Wildman–Crippen LogP) is 1.28. The molecule has 0 unspecified atom stereocenters. The summed E-state index contributed by atoms with van der Waals surface area (Å²) in [6.45, 7) is 2.78. The number of benzene rings is 1. The molecule has 10 nitrogen and oxygen atoms in total. The van der Waals surface area contributed by atoms with Crippen LogP contribution in [0.2, 0.25) is 0 Å². The minimum Gasteiger partial charge on any atom is -0.361 e. The summed E-state index contributed by atoms with van der Waals surface area (Å²) in [5, 5.41) is 15.9. The molecule has 2 amide bonds. The fourth-order valence-corrected chi connectivity index (χ4v) is 2.92. The van der Waals surface area contributed by atoms with Crippen LogP contribution in [0.15, 0.2) is 30.5 Å². The number of nitrogens with one attached hydrogen (secondary N) is 3. The zero-order chi connectivity index (χ0) is 19.6. The first-order valence-electron chi connectivity index (χ1n) is 8.18. The number of hydrogen-bond donors (Lipinski definition) is 3. The number of hydrazine groups is 1. The van der Waals surface area contributed by atoms with Gasteiger partial charge in [-0.1, -0.05) is 18.2 Å². The lowest BCUT2D eigenvalue weighted by atomic mass is 10.1. The highest BCUT2D eigenvalue weighted by Gasteiger charge is 2.22. The molecule has 0 aliphatic heterocycles. The topological polar surface area (TPSA) is 135 Å². The van der Waals surface area contributed by atoms with Crippen LogP contribution in [0.1, 0.15) is 17.0 Å². The van der Waals surface area contributed by atoms with E-state index >= 15 is 0 Å². The van der Waals surface area contributed by atoms with Gasteiger partial charge in [0.1, 0.15) is 17.9 Å². The van der Waals surface area contributed by atoms with Crippen LogP contribution in [0, 0.1) is 24.0 Å². The fourth-order valence-electron chi connectivity index (χ4n) is 2.92. The molecule has 0 spiro atoms. The molecule has 140 valence electrons. The lowest BCUT2D eigenvalue weighted by Gasteiger charge is -2.08. The first kappa shape index (κ1) is 18.1. The van der Waals surface area contributed by atoms with Crippen molar-refractivity contribution < 1.29 is 14.5 Å². The van der Waals surface area contributed by atoms with Crippen molar-refractivity contribution in [1.29, 1.82) is 0 Å². The van der Waals surface area contributed by atoms with Crippen LogP contribution in [-0.2, 0) is 22.6 Å². The van der Waals surface area contributed by atoms with E-state index in [1.54, 1.807) is 6.20 Å². The van der Waals surface area contributed by atoms with Crippen LogP contribution in [-0.4, -0.2) is 31.5 Å². The van der Waals surface area contributed by atoms with E-state index in [2.05, 4.69) is 20.9 Å². The predicted molar refractivity (Wildman–Crippen MR) is 96.6 cm³/mol. The average molecular weight is 370 g/mol. The first-order chi connectivity index (χ1) is 12.9. The Morgan fingerprint density at radius 2 is 1.93 bits per heavy atom. The third-order valence-corrected chi connectivity index (χ3v) is 4.19. The van der Waals surface area contributed by atoms with E-state index in [9.17, 15) is 19.7 Å². The maximum absolute atomic E-state index is 12.1. The Hall–Kier alpha value is -3.69. The molecule has 1 aromatic carbocycles. The molecule has 27 heavy (non-hydrogen) atoms. The second-order valence-corrected chi connectivity index (χ2v) is 6.07. The van der Waals surface area contributed by atoms with Crippen molar-refractivity contribution in [2.75, 3.05) is 0 Å². The minimum absolute atomic E-state index is 0.0929. The van der Waals surface area contributed by atoms with Crippen LogP contribution in [0.25, 0.3) is 10.9 Å². The lowest BCUT2D eigenvalue weighted by molar-refractivity contribution is -0.386. The number of nitrogens with zero attached hydrogens (tertiary/aromatic N) is 3. The number of amides is 2. The number of aromatic amines is 1. The van der Waals surface area contributed by atoms with Gasteiger partial charge in [0.05, 0.1) is 11.3 Å². The second kappa shape index (κ2) is 7.28. The van der Waals surface area contributed by atoms with Crippen LogP contribution in [0.4, 0.5) is 5.69 Å². The molecule has 3 N–H and O–H groups in total. The molecular weight excluding hydrogens is 352 g/mol. The maximum atomic E-state index is 12.1. The Bertz CT molecular complexity index is 1040. The molecule has 10 heteroatoms. The summed E-state index contributed by atoms with van der Waals surface area (Å²) in [6, 6.07) is 7.59. The number of carbonyl (C=O) groups is 2. The molecule has 0 aliphatic carbocycles. The SMILES string of the molecule is Cc1nn(CC(=O)NNC(=O)Cc2c[nH]c3ccccc23)c(C)c1[N+](=O)[O-]. The number of nitro groups is 1. The average Bonchev–Trinajstić information content (AvgIpc) is 3.14. The summed E-state index contributed by atoms with van der Waals surface area (Å²) in [6.07, 6.45) is 1.84. The maximum Gasteiger partial charge on any atom is 0.312 e. The number of fused-ring (bicyclic) bond motifs is 1. The summed E-state index contributed by atoms with van der Waals surface area (Å²) in [5.41, 5.74) is 6.76. The van der Waals surface area contributed by atoms with E-state index in [4.69, 9.17) is 0 Å². The molecular formula is C17H18N6O4. The Morgan fingerprint density at radius 1 is 1.22 bits per heavy atom. The lowest BCUT2D eigenvalue weighted by Crippen LogP contribution is -2.44. The van der Waals surface area contributed by atoms with Gasteiger partial charge in [0.2, 0.25) is 5.91 Å². The van der Waals surface area contributed by atoms with Crippen molar-refractivity contribution >= 4 is 28.4 Å². The van der Waals surface area contributed by atoms with Crippen molar-refractivity contribution in [3.63, 3.8) is 0 Å². The van der Waals surface area contributed by atoms with E-state index < -0.39 is 10.8 Å². The molecule has 0 fully saturated rings. The molecule has 2 aromatic heterocycles. The number of hydrogen-bond acceptors (Lipinski definition) is 5. The van der Waals surface area contributed by atoms with E-state index in [1.165, 1.54) is 18.5 Å². The van der Waals surface area contributed by atoms with E-state index in [0.717, 1.165) is 16.5 Å². The molecule has 0 atom stereocenters. The molecule has 0 saturated heterocycles. The highest BCUT2D eigenvalue weighted by molar-refractivity contribution is 5.89. The zero-order valence-electron chi connectivity index (χ0n) is 14.8. The van der Waals surface area contributed by atoms with Gasteiger partial charge in [-0.15, -0.1) is 0 Å². The van der Waals surface area contributed by atoms with Gasteiger partial charge < -0.3 is 4.98 Å². The summed E-state index contributed by atoms with van der Waals surface area (Å²) in [7, 11) is 0. The van der Waals surface area contributed by atoms with Gasteiger partial charge in [-0.05, 0) is 25.5 Å². The quantitative estimate of drug-likeness (QED) is 0.459. The fraction of sp³-hybridized carbons (Fsp3) is 0.235. The number of para-hydroxylation sites is 1. The third kappa shape index (κ3) is 3.78. The largest absolute Gasteiger partial charge is 0.361 e.